The van der Waals surface area contributed by atoms with Crippen LogP contribution in [0.15, 0.2) is 77.7 Å². The van der Waals surface area contributed by atoms with Crippen LogP contribution >= 0.6 is 0 Å². The van der Waals surface area contributed by atoms with Gasteiger partial charge >= 0.3 is 0 Å². The number of amides is 1. The van der Waals surface area contributed by atoms with Crippen molar-refractivity contribution < 1.29 is 22.0 Å². The van der Waals surface area contributed by atoms with E-state index in [-0.39, 0.29) is 34.9 Å². The summed E-state index contributed by atoms with van der Waals surface area (Å²) in [5.74, 6) is -3.56. The number of nitrogens with one attached hydrogen (secondary N) is 3. The Bertz CT molecular complexity index is 1560. The normalized spacial score (nSPS) is 18.5. The lowest BCUT2D eigenvalue weighted by Gasteiger charge is -2.29. The summed E-state index contributed by atoms with van der Waals surface area (Å²) in [6.07, 6.45) is 3.39. The maximum atomic E-state index is 14.8. The van der Waals surface area contributed by atoms with Gasteiger partial charge in [-0.15, -0.1) is 0 Å². The third kappa shape index (κ3) is 7.73. The van der Waals surface area contributed by atoms with E-state index in [1.807, 2.05) is 6.07 Å². The van der Waals surface area contributed by atoms with E-state index in [0.29, 0.717) is 24.3 Å². The zero-order chi connectivity index (χ0) is 31.5. The fraction of sp³-hybridized carbons (Fsp3) is 0.457. The van der Waals surface area contributed by atoms with Crippen molar-refractivity contribution in [3.8, 4) is 0 Å². The molecule has 5 rings (SSSR count). The van der Waals surface area contributed by atoms with Crippen LogP contribution in [0.1, 0.15) is 98.8 Å². The van der Waals surface area contributed by atoms with E-state index in [4.69, 9.17) is 0 Å². The Hall–Kier alpha value is -3.14. The molecule has 1 saturated carbocycles. The molecule has 0 saturated heterocycles. The van der Waals surface area contributed by atoms with Crippen LogP contribution in [0, 0.1) is 11.8 Å². The van der Waals surface area contributed by atoms with Crippen LogP contribution in [-0.4, -0.2) is 20.9 Å². The standard InChI is InChI=1S/C35H43F2N3O3S/c1-23(2)22-38-24(3)26-15-18-31-27(19-26)11-7-14-32(31)39-34(41)21-33(25-9-5-4-6-10-25)40-44(42,43)30-13-8-12-29(20-30)35(36,37)28-16-17-28/h4-6,8-10,12-13,15,18-20,23-24,28,32-33,38,40H,7,11,14,16-17,21-22H2,1-3H3,(H,39,41)/t24-,32-,33-/m1/s1. The molecule has 0 radical (unpaired) electrons. The lowest BCUT2D eigenvalue weighted by Crippen LogP contribution is -2.36. The van der Waals surface area contributed by atoms with E-state index < -0.39 is 27.9 Å². The molecule has 3 aromatic rings. The highest BCUT2D eigenvalue weighted by Gasteiger charge is 2.48. The highest BCUT2D eigenvalue weighted by Crippen LogP contribution is 2.49. The minimum atomic E-state index is -4.22. The number of alkyl halides is 2. The van der Waals surface area contributed by atoms with Gasteiger partial charge in [0.15, 0.2) is 0 Å². The molecule has 0 heterocycles. The van der Waals surface area contributed by atoms with Crippen molar-refractivity contribution in [2.45, 2.75) is 88.2 Å². The van der Waals surface area contributed by atoms with E-state index >= 15 is 0 Å². The molecule has 44 heavy (non-hydrogen) atoms. The van der Waals surface area contributed by atoms with Gasteiger partial charge in [-0.05, 0) is 85.9 Å². The zero-order valence-corrected chi connectivity index (χ0v) is 26.5. The van der Waals surface area contributed by atoms with Crippen LogP contribution in [0.2, 0.25) is 0 Å². The second-order valence-electron chi connectivity index (χ2n) is 12.7. The number of rotatable bonds is 13. The molecule has 2 aliphatic rings. The third-order valence-electron chi connectivity index (χ3n) is 8.66. The van der Waals surface area contributed by atoms with Crippen LogP contribution in [0.5, 0.6) is 0 Å². The summed E-state index contributed by atoms with van der Waals surface area (Å²) in [5.41, 5.74) is 3.84. The Kier molecular flexibility index (Phi) is 9.87. The number of carbonyl (C=O) groups excluding carboxylic acids is 1. The van der Waals surface area contributed by atoms with Gasteiger partial charge in [0.2, 0.25) is 15.9 Å². The second kappa shape index (κ2) is 13.5. The summed E-state index contributed by atoms with van der Waals surface area (Å²) in [5, 5.41) is 6.72. The number of benzene rings is 3. The summed E-state index contributed by atoms with van der Waals surface area (Å²) in [7, 11) is -4.22. The Morgan fingerprint density at radius 2 is 1.68 bits per heavy atom. The smallest absolute Gasteiger partial charge is 0.276 e. The van der Waals surface area contributed by atoms with Crippen molar-refractivity contribution >= 4 is 15.9 Å². The molecule has 0 spiro atoms. The van der Waals surface area contributed by atoms with Crippen LogP contribution in [0.25, 0.3) is 0 Å². The number of hydrogen-bond acceptors (Lipinski definition) is 4. The van der Waals surface area contributed by atoms with E-state index in [1.54, 1.807) is 24.3 Å². The predicted molar refractivity (Wildman–Crippen MR) is 169 cm³/mol. The van der Waals surface area contributed by atoms with E-state index in [2.05, 4.69) is 54.3 Å². The van der Waals surface area contributed by atoms with E-state index in [9.17, 15) is 22.0 Å². The van der Waals surface area contributed by atoms with Crippen LogP contribution in [0.4, 0.5) is 8.78 Å². The molecule has 0 unspecified atom stereocenters. The van der Waals surface area contributed by atoms with Gasteiger partial charge < -0.3 is 10.6 Å². The number of fused-ring (bicyclic) bond motifs is 1. The molecule has 9 heteroatoms. The Morgan fingerprint density at radius 1 is 0.932 bits per heavy atom. The second-order valence-corrected chi connectivity index (χ2v) is 14.4. The molecule has 236 valence electrons. The third-order valence-corrected chi connectivity index (χ3v) is 10.1. The first kappa shape index (κ1) is 32.3. The summed E-state index contributed by atoms with van der Waals surface area (Å²) < 4.78 is 59.2. The molecular weight excluding hydrogens is 580 g/mol. The van der Waals surface area contributed by atoms with Gasteiger partial charge in [-0.2, -0.15) is 0 Å². The first-order chi connectivity index (χ1) is 20.9. The quantitative estimate of drug-likeness (QED) is 0.190. The molecule has 0 aromatic heterocycles. The number of sulfonamides is 1. The molecule has 0 bridgehead atoms. The van der Waals surface area contributed by atoms with Crippen LogP contribution in [-0.2, 0) is 27.2 Å². The van der Waals surface area contributed by atoms with Gasteiger partial charge in [-0.3, -0.25) is 4.79 Å². The van der Waals surface area contributed by atoms with Crippen molar-refractivity contribution in [3.63, 3.8) is 0 Å². The summed E-state index contributed by atoms with van der Waals surface area (Å²) >= 11 is 0. The molecule has 1 amide bonds. The van der Waals surface area contributed by atoms with Gasteiger partial charge in [0.1, 0.15) is 0 Å². The molecule has 1 fully saturated rings. The Morgan fingerprint density at radius 3 is 2.39 bits per heavy atom. The lowest BCUT2D eigenvalue weighted by molar-refractivity contribution is -0.122. The number of aryl methyl sites for hydroxylation is 1. The monoisotopic (exact) mass is 623 g/mol. The summed E-state index contributed by atoms with van der Waals surface area (Å²) in [4.78, 5) is 13.2. The van der Waals surface area contributed by atoms with E-state index in [0.717, 1.165) is 37.4 Å². The van der Waals surface area contributed by atoms with Gasteiger partial charge in [0.25, 0.3) is 5.92 Å². The maximum Gasteiger partial charge on any atom is 0.276 e. The van der Waals surface area contributed by atoms with Crippen molar-refractivity contribution in [2.75, 3.05) is 6.54 Å². The van der Waals surface area contributed by atoms with Crippen molar-refractivity contribution in [3.05, 3.63) is 101 Å². The topological polar surface area (TPSA) is 87.3 Å². The fourth-order valence-corrected chi connectivity index (χ4v) is 7.21. The largest absolute Gasteiger partial charge is 0.349 e. The summed E-state index contributed by atoms with van der Waals surface area (Å²) in [6, 6.07) is 19.5. The van der Waals surface area contributed by atoms with Gasteiger partial charge in [-0.1, -0.05) is 74.5 Å². The fourth-order valence-electron chi connectivity index (χ4n) is 5.94. The average Bonchev–Trinajstić information content (AvgIpc) is 3.86. The van der Waals surface area contributed by atoms with Gasteiger partial charge in [-0.25, -0.2) is 21.9 Å². The zero-order valence-electron chi connectivity index (χ0n) is 25.7. The van der Waals surface area contributed by atoms with Crippen molar-refractivity contribution in [2.24, 2.45) is 11.8 Å². The molecule has 6 nitrogen and oxygen atoms in total. The number of carbonyl (C=O) groups is 1. The van der Waals surface area contributed by atoms with E-state index in [1.165, 1.54) is 29.3 Å². The van der Waals surface area contributed by atoms with Gasteiger partial charge in [0, 0.05) is 23.9 Å². The molecule has 3 aromatic carbocycles. The molecule has 2 aliphatic carbocycles. The summed E-state index contributed by atoms with van der Waals surface area (Å²) in [6.45, 7) is 7.46. The molecule has 3 N–H and O–H groups in total. The van der Waals surface area contributed by atoms with Crippen LogP contribution < -0.4 is 15.4 Å². The highest BCUT2D eigenvalue weighted by atomic mass is 32.2. The van der Waals surface area contributed by atoms with Crippen molar-refractivity contribution in [1.82, 2.24) is 15.4 Å². The van der Waals surface area contributed by atoms with Crippen LogP contribution in [0.3, 0.4) is 0 Å². The first-order valence-corrected chi connectivity index (χ1v) is 17.1. The number of halogens is 2. The molecular formula is C35H43F2N3O3S. The minimum Gasteiger partial charge on any atom is -0.349 e. The SMILES string of the molecule is CC(C)CN[C@H](C)c1ccc2c(c1)CCC[C@H]2NC(=O)C[C@@H](NS(=O)(=O)c1cccc(C(F)(F)C2CC2)c1)c1ccccc1. The number of hydrogen-bond donors (Lipinski definition) is 3. The molecule has 3 atom stereocenters. The van der Waals surface area contributed by atoms with Gasteiger partial charge in [0.05, 0.1) is 17.0 Å². The molecule has 0 aliphatic heterocycles. The average molecular weight is 624 g/mol. The Labute approximate surface area is 260 Å². The maximum absolute atomic E-state index is 14.8. The minimum absolute atomic E-state index is 0.138. The highest BCUT2D eigenvalue weighted by molar-refractivity contribution is 7.89. The van der Waals surface area contributed by atoms with Crippen molar-refractivity contribution in [1.29, 1.82) is 0 Å². The first-order valence-electron chi connectivity index (χ1n) is 15.6. The lowest BCUT2D eigenvalue weighted by atomic mass is 9.85. The Balaban J connectivity index is 1.31. The predicted octanol–water partition coefficient (Wildman–Crippen LogP) is 7.10.